The van der Waals surface area contributed by atoms with Crippen LogP contribution in [0.15, 0.2) is 158 Å². The lowest BCUT2D eigenvalue weighted by atomic mass is 9.89. The number of benzene rings is 6. The minimum Gasteiger partial charge on any atom is -0.507 e. The first-order valence-electron chi connectivity index (χ1n) is 23.4. The number of rotatable bonds is 11. The first kappa shape index (κ1) is 37.2. The van der Waals surface area contributed by atoms with E-state index in [9.17, 15) is 7.85 Å². The second-order valence-electron chi connectivity index (χ2n) is 17.2. The molecule has 0 aliphatic heterocycles. The molecular formula is C59H58N2O. The highest BCUT2D eigenvalue weighted by Gasteiger charge is 2.20. The van der Waals surface area contributed by atoms with E-state index < -0.39 is 23.6 Å². The molecule has 0 amide bonds. The second-order valence-corrected chi connectivity index (χ2v) is 17.2. The summed E-state index contributed by atoms with van der Waals surface area (Å²) >= 11 is 0. The van der Waals surface area contributed by atoms with E-state index in [1.165, 1.54) is 22.3 Å². The zero-order chi connectivity index (χ0) is 47.3. The van der Waals surface area contributed by atoms with E-state index in [1.54, 1.807) is 33.8 Å². The van der Waals surface area contributed by atoms with Crippen molar-refractivity contribution >= 4 is 0 Å². The Morgan fingerprint density at radius 1 is 0.435 bits per heavy atom. The third-order valence-electron chi connectivity index (χ3n) is 12.0. The van der Waals surface area contributed by atoms with Gasteiger partial charge >= 0.3 is 0 Å². The summed E-state index contributed by atoms with van der Waals surface area (Å²) in [5, 5.41) is 12.0. The van der Waals surface area contributed by atoms with Gasteiger partial charge in [0.05, 0.1) is 17.1 Å². The third-order valence-corrected chi connectivity index (χ3v) is 12.0. The quantitative estimate of drug-likeness (QED) is 0.141. The predicted octanol–water partition coefficient (Wildman–Crippen LogP) is 16.3. The van der Waals surface area contributed by atoms with Crippen LogP contribution in [0.25, 0.3) is 67.2 Å². The number of pyridine rings is 2. The van der Waals surface area contributed by atoms with Gasteiger partial charge in [0.2, 0.25) is 0 Å². The van der Waals surface area contributed by atoms with Gasteiger partial charge in [-0.1, -0.05) is 152 Å². The fourth-order valence-corrected chi connectivity index (χ4v) is 8.42. The Kier molecular flexibility index (Phi) is 10.7. The summed E-state index contributed by atoms with van der Waals surface area (Å²) in [5.41, 5.74) is 16.2. The van der Waals surface area contributed by atoms with Crippen molar-refractivity contribution < 1.29 is 10.6 Å². The fourth-order valence-electron chi connectivity index (χ4n) is 8.42. The van der Waals surface area contributed by atoms with Crippen molar-refractivity contribution in [2.75, 3.05) is 0 Å². The molecule has 0 aliphatic rings. The zero-order valence-electron chi connectivity index (χ0n) is 41.4. The summed E-state index contributed by atoms with van der Waals surface area (Å²) in [6, 6.07) is 50.6. The molecule has 62 heavy (non-hydrogen) atoms. The number of phenolic OH excluding ortho intramolecular Hbond substituents is 1. The SMILES string of the molecule is [2H]C(C)(C)c1cc(-c2cc(-c3cc(C)c(-c4ccccc4)c(C)c3)ccn2)cc(-c2cc(-c3ccc(C([2H])(C)c4ccccc4)cc3)cc(-c3cc(C([2H])(C)C)cc(C([2H])(C)C)c3O)n2)c1. The number of hydrogen-bond donors (Lipinski definition) is 1. The average molecular weight is 815 g/mol. The lowest BCUT2D eigenvalue weighted by molar-refractivity contribution is 0.466. The van der Waals surface area contributed by atoms with E-state index in [1.807, 2.05) is 124 Å². The van der Waals surface area contributed by atoms with Crippen LogP contribution in [0.1, 0.15) is 116 Å². The van der Waals surface area contributed by atoms with Crippen molar-refractivity contribution in [3.05, 3.63) is 197 Å². The van der Waals surface area contributed by atoms with Crippen molar-refractivity contribution in [2.24, 2.45) is 0 Å². The van der Waals surface area contributed by atoms with Crippen LogP contribution >= 0.6 is 0 Å². The highest BCUT2D eigenvalue weighted by molar-refractivity contribution is 5.83. The molecule has 1 unspecified atom stereocenters. The van der Waals surface area contributed by atoms with Gasteiger partial charge in [0.1, 0.15) is 5.75 Å². The van der Waals surface area contributed by atoms with Crippen molar-refractivity contribution in [3.8, 4) is 72.9 Å². The standard InChI is InChI=1S/C59H58N2O/c1-36(2)47-28-51(55-33-46(24-25-60-55)49-26-39(7)58(40(8)27-49)45-18-14-11-15-19-45)30-52(29-47)56-34-50(44-22-20-43(21-23-44)41(9)42-16-12-10-13-17-42)35-57(61-56)54-32-48(37(3)4)31-53(38(5)6)59(54)62/h10-38,41,62H,1-9H3/i36D,37D,38D,41D. The van der Waals surface area contributed by atoms with Crippen LogP contribution in [0, 0.1) is 13.8 Å². The minimum atomic E-state index is -1.16. The fraction of sp³-hybridized carbons (Fsp3) is 0.220. The normalized spacial score (nSPS) is 14.0. The van der Waals surface area contributed by atoms with E-state index in [-0.39, 0.29) is 5.75 Å². The summed E-state index contributed by atoms with van der Waals surface area (Å²) in [5.74, 6) is -4.18. The number of nitrogens with zero attached hydrogens (tertiary/aromatic N) is 2. The van der Waals surface area contributed by atoms with Crippen molar-refractivity contribution in [1.82, 2.24) is 9.97 Å². The molecule has 2 aromatic heterocycles. The highest BCUT2D eigenvalue weighted by Crippen LogP contribution is 2.42. The Labute approximate surface area is 374 Å². The van der Waals surface area contributed by atoms with E-state index in [0.717, 1.165) is 55.8 Å². The van der Waals surface area contributed by atoms with Gasteiger partial charge in [-0.3, -0.25) is 4.98 Å². The summed E-state index contributed by atoms with van der Waals surface area (Å²) in [4.78, 5) is 10.2. The van der Waals surface area contributed by atoms with Gasteiger partial charge in [-0.25, -0.2) is 4.98 Å². The van der Waals surface area contributed by atoms with Gasteiger partial charge in [-0.2, -0.15) is 0 Å². The Bertz CT molecular complexity index is 3040. The molecule has 3 heteroatoms. The Morgan fingerprint density at radius 3 is 1.61 bits per heavy atom. The van der Waals surface area contributed by atoms with E-state index in [0.29, 0.717) is 28.1 Å². The van der Waals surface area contributed by atoms with Crippen LogP contribution < -0.4 is 0 Å². The molecule has 310 valence electrons. The van der Waals surface area contributed by atoms with Crippen LogP contribution in [0.4, 0.5) is 0 Å². The predicted molar refractivity (Wildman–Crippen MR) is 262 cm³/mol. The van der Waals surface area contributed by atoms with Gasteiger partial charge in [0, 0.05) is 34.3 Å². The monoisotopic (exact) mass is 814 g/mol. The molecule has 1 N–H and O–H groups in total. The highest BCUT2D eigenvalue weighted by atomic mass is 16.3. The number of hydrogen-bond acceptors (Lipinski definition) is 3. The van der Waals surface area contributed by atoms with Crippen molar-refractivity contribution in [2.45, 2.75) is 85.9 Å². The molecule has 0 radical (unpaired) electrons. The molecule has 0 saturated heterocycles. The van der Waals surface area contributed by atoms with E-state index in [4.69, 9.17) is 12.7 Å². The molecular weight excluding hydrogens is 753 g/mol. The van der Waals surface area contributed by atoms with Gasteiger partial charge in [0.15, 0.2) is 0 Å². The molecule has 8 aromatic rings. The molecule has 3 nitrogen and oxygen atoms in total. The Hall–Kier alpha value is -6.58. The maximum atomic E-state index is 12.0. The average Bonchev–Trinajstić information content (AvgIpc) is 3.28. The molecule has 1 atom stereocenters. The number of aryl methyl sites for hydroxylation is 2. The minimum absolute atomic E-state index is 0.0493. The smallest absolute Gasteiger partial charge is 0.128 e. The first-order chi connectivity index (χ1) is 31.1. The van der Waals surface area contributed by atoms with Gasteiger partial charge in [-0.15, -0.1) is 0 Å². The molecule has 8 rings (SSSR count). The molecule has 0 bridgehead atoms. The topological polar surface area (TPSA) is 46.0 Å². The van der Waals surface area contributed by atoms with Crippen LogP contribution in [0.5, 0.6) is 5.75 Å². The van der Waals surface area contributed by atoms with Crippen molar-refractivity contribution in [1.29, 1.82) is 0 Å². The number of aromatic nitrogens is 2. The molecule has 6 aromatic carbocycles. The summed E-state index contributed by atoms with van der Waals surface area (Å²) in [6.45, 7) is 17.1. The van der Waals surface area contributed by atoms with Crippen molar-refractivity contribution in [3.63, 3.8) is 0 Å². The lowest BCUT2D eigenvalue weighted by Crippen LogP contribution is -1.99. The maximum absolute atomic E-state index is 12.0. The van der Waals surface area contributed by atoms with E-state index >= 15 is 0 Å². The maximum Gasteiger partial charge on any atom is 0.128 e. The summed E-state index contributed by atoms with van der Waals surface area (Å²) in [6.07, 6.45) is 1.84. The van der Waals surface area contributed by atoms with Gasteiger partial charge in [0.25, 0.3) is 0 Å². The second kappa shape index (κ2) is 17.8. The van der Waals surface area contributed by atoms with Gasteiger partial charge in [-0.05, 0) is 152 Å². The number of phenols is 1. The zero-order valence-corrected chi connectivity index (χ0v) is 37.4. The molecule has 0 fully saturated rings. The van der Waals surface area contributed by atoms with Gasteiger partial charge < -0.3 is 5.11 Å². The molecule has 0 aliphatic carbocycles. The van der Waals surface area contributed by atoms with Crippen LogP contribution in [0.2, 0.25) is 0 Å². The molecule has 0 saturated carbocycles. The van der Waals surface area contributed by atoms with Crippen LogP contribution in [-0.4, -0.2) is 15.1 Å². The third kappa shape index (κ3) is 8.76. The lowest BCUT2D eigenvalue weighted by Gasteiger charge is -2.19. The first-order valence-corrected chi connectivity index (χ1v) is 21.4. The van der Waals surface area contributed by atoms with E-state index in [2.05, 4.69) is 62.4 Å². The Balaban J connectivity index is 1.31. The summed E-state index contributed by atoms with van der Waals surface area (Å²) in [7, 11) is 0. The molecule has 2 heterocycles. The number of aromatic hydroxyl groups is 1. The van der Waals surface area contributed by atoms with Crippen LogP contribution in [-0.2, 0) is 0 Å². The van der Waals surface area contributed by atoms with Crippen LogP contribution in [0.3, 0.4) is 0 Å². The summed E-state index contributed by atoms with van der Waals surface area (Å²) < 4.78 is 36.6. The Morgan fingerprint density at radius 2 is 0.984 bits per heavy atom. The molecule has 0 spiro atoms. The largest absolute Gasteiger partial charge is 0.507 e.